The molecule has 1 fully saturated rings. The number of hydrogen-bond donors (Lipinski definition) is 1. The molecule has 1 aromatic rings. The average Bonchev–Trinajstić information content (AvgIpc) is 2.89. The van der Waals surface area contributed by atoms with Crippen molar-refractivity contribution in [2.75, 3.05) is 13.6 Å². The second-order valence-corrected chi connectivity index (χ2v) is 6.57. The predicted molar refractivity (Wildman–Crippen MR) is 83.6 cm³/mol. The maximum Gasteiger partial charge on any atom is 0.0951 e. The predicted octanol–water partition coefficient (Wildman–Crippen LogP) is 2.97. The van der Waals surface area contributed by atoms with Gasteiger partial charge in [-0.05, 0) is 39.7 Å². The van der Waals surface area contributed by atoms with Gasteiger partial charge in [-0.1, -0.05) is 19.8 Å². The highest BCUT2D eigenvalue weighted by Gasteiger charge is 2.30. The zero-order valence-corrected chi connectivity index (χ0v) is 13.4. The van der Waals surface area contributed by atoms with E-state index in [1.807, 2.05) is 12.5 Å². The van der Waals surface area contributed by atoms with Gasteiger partial charge in [-0.3, -0.25) is 4.90 Å². The smallest absolute Gasteiger partial charge is 0.0951 e. The molecule has 0 amide bonds. The number of imidazole rings is 1. The lowest BCUT2D eigenvalue weighted by atomic mass is 9.84. The molecule has 2 N–H and O–H groups in total. The fourth-order valence-electron chi connectivity index (χ4n) is 3.63. The topological polar surface area (TPSA) is 47.1 Å². The van der Waals surface area contributed by atoms with Crippen LogP contribution in [0, 0.1) is 5.92 Å². The van der Waals surface area contributed by atoms with Crippen LogP contribution in [-0.4, -0.2) is 34.1 Å². The Bertz CT molecular complexity index is 412. The molecule has 0 spiro atoms. The molecule has 4 heteroatoms. The third kappa shape index (κ3) is 3.07. The molecular formula is C16H30N4. The third-order valence-corrected chi connectivity index (χ3v) is 4.90. The van der Waals surface area contributed by atoms with E-state index in [9.17, 15) is 0 Å². The molecule has 0 aliphatic heterocycles. The summed E-state index contributed by atoms with van der Waals surface area (Å²) in [7, 11) is 2.24. The van der Waals surface area contributed by atoms with E-state index in [0.29, 0.717) is 18.6 Å². The van der Waals surface area contributed by atoms with Gasteiger partial charge >= 0.3 is 0 Å². The molecule has 1 aromatic heterocycles. The van der Waals surface area contributed by atoms with Gasteiger partial charge in [0.1, 0.15) is 0 Å². The van der Waals surface area contributed by atoms with E-state index in [1.54, 1.807) is 0 Å². The van der Waals surface area contributed by atoms with Gasteiger partial charge in [-0.15, -0.1) is 0 Å². The Hall–Kier alpha value is -0.870. The van der Waals surface area contributed by atoms with E-state index in [1.165, 1.54) is 31.4 Å². The molecule has 114 valence electrons. The fraction of sp³-hybridized carbons (Fsp3) is 0.812. The first kappa shape index (κ1) is 15.5. The highest BCUT2D eigenvalue weighted by atomic mass is 15.2. The van der Waals surface area contributed by atoms with Gasteiger partial charge in [0.25, 0.3) is 0 Å². The Morgan fingerprint density at radius 2 is 2.10 bits per heavy atom. The van der Waals surface area contributed by atoms with E-state index >= 15 is 0 Å². The number of aromatic nitrogens is 2. The molecular weight excluding hydrogens is 248 g/mol. The molecule has 0 saturated heterocycles. The molecule has 0 bridgehead atoms. The summed E-state index contributed by atoms with van der Waals surface area (Å²) in [5.41, 5.74) is 7.36. The number of hydrogen-bond acceptors (Lipinski definition) is 3. The van der Waals surface area contributed by atoms with Crippen molar-refractivity contribution in [3.8, 4) is 0 Å². The normalized spacial score (nSPS) is 25.4. The van der Waals surface area contributed by atoms with Crippen molar-refractivity contribution in [3.05, 3.63) is 18.2 Å². The lowest BCUT2D eigenvalue weighted by molar-refractivity contribution is 0.0952. The van der Waals surface area contributed by atoms with Crippen LogP contribution in [0.15, 0.2) is 12.5 Å². The molecule has 1 aliphatic carbocycles. The molecule has 1 saturated carbocycles. The maximum absolute atomic E-state index is 6.10. The third-order valence-electron chi connectivity index (χ3n) is 4.90. The zero-order valence-electron chi connectivity index (χ0n) is 13.4. The molecule has 3 unspecified atom stereocenters. The van der Waals surface area contributed by atoms with Crippen LogP contribution < -0.4 is 5.73 Å². The first-order valence-corrected chi connectivity index (χ1v) is 8.00. The van der Waals surface area contributed by atoms with Crippen LogP contribution in [0.1, 0.15) is 64.2 Å². The summed E-state index contributed by atoms with van der Waals surface area (Å²) in [5.74, 6) is 0.762. The second kappa shape index (κ2) is 6.72. The summed E-state index contributed by atoms with van der Waals surface area (Å²) in [6.07, 6.45) is 9.28. The first-order valence-electron chi connectivity index (χ1n) is 8.00. The molecule has 1 heterocycles. The summed E-state index contributed by atoms with van der Waals surface area (Å²) >= 11 is 0. The van der Waals surface area contributed by atoms with Crippen molar-refractivity contribution in [1.82, 2.24) is 14.5 Å². The lowest BCUT2D eigenvalue weighted by Crippen LogP contribution is -2.44. The first-order chi connectivity index (χ1) is 9.56. The van der Waals surface area contributed by atoms with Crippen LogP contribution >= 0.6 is 0 Å². The Kier molecular flexibility index (Phi) is 5.22. The Morgan fingerprint density at radius 3 is 2.70 bits per heavy atom. The number of nitrogens with two attached hydrogens (primary N) is 1. The summed E-state index contributed by atoms with van der Waals surface area (Å²) < 4.78 is 2.25. The van der Waals surface area contributed by atoms with Crippen LogP contribution in [0.25, 0.3) is 0 Å². The van der Waals surface area contributed by atoms with Crippen molar-refractivity contribution >= 4 is 0 Å². The molecule has 4 nitrogen and oxygen atoms in total. The Labute approximate surface area is 123 Å². The van der Waals surface area contributed by atoms with Crippen molar-refractivity contribution in [3.63, 3.8) is 0 Å². The van der Waals surface area contributed by atoms with Crippen molar-refractivity contribution in [2.45, 2.75) is 64.6 Å². The zero-order chi connectivity index (χ0) is 14.7. The van der Waals surface area contributed by atoms with Gasteiger partial charge in [0.05, 0.1) is 18.1 Å². The van der Waals surface area contributed by atoms with E-state index in [0.717, 1.165) is 5.92 Å². The van der Waals surface area contributed by atoms with Gasteiger partial charge in [-0.25, -0.2) is 4.98 Å². The van der Waals surface area contributed by atoms with E-state index in [2.05, 4.69) is 42.3 Å². The fourth-order valence-corrected chi connectivity index (χ4v) is 3.63. The maximum atomic E-state index is 6.10. The lowest BCUT2D eigenvalue weighted by Gasteiger charge is -2.40. The van der Waals surface area contributed by atoms with E-state index < -0.39 is 0 Å². The van der Waals surface area contributed by atoms with Gasteiger partial charge in [0.15, 0.2) is 0 Å². The number of nitrogens with zero attached hydrogens (tertiary/aromatic N) is 3. The van der Waals surface area contributed by atoms with Gasteiger partial charge in [0.2, 0.25) is 0 Å². The molecule has 2 rings (SSSR count). The largest absolute Gasteiger partial charge is 0.331 e. The van der Waals surface area contributed by atoms with Crippen LogP contribution in [0.3, 0.4) is 0 Å². The molecule has 3 atom stereocenters. The SMILES string of the molecule is CC1CCCCC1N(C)C(CN)c1cncn1C(C)C. The van der Waals surface area contributed by atoms with Crippen LogP contribution in [0.4, 0.5) is 0 Å². The van der Waals surface area contributed by atoms with Crippen molar-refractivity contribution in [2.24, 2.45) is 11.7 Å². The second-order valence-electron chi connectivity index (χ2n) is 6.57. The minimum atomic E-state index is 0.269. The molecule has 20 heavy (non-hydrogen) atoms. The van der Waals surface area contributed by atoms with Crippen LogP contribution in [-0.2, 0) is 0 Å². The average molecular weight is 278 g/mol. The van der Waals surface area contributed by atoms with Crippen molar-refractivity contribution in [1.29, 1.82) is 0 Å². The number of likely N-dealkylation sites (N-methyl/N-ethyl adjacent to an activating group) is 1. The quantitative estimate of drug-likeness (QED) is 0.900. The van der Waals surface area contributed by atoms with Gasteiger partial charge in [-0.2, -0.15) is 0 Å². The summed E-state index contributed by atoms with van der Waals surface area (Å²) in [6.45, 7) is 7.43. The van der Waals surface area contributed by atoms with E-state index in [-0.39, 0.29) is 6.04 Å². The Balaban J connectivity index is 2.20. The van der Waals surface area contributed by atoms with Crippen molar-refractivity contribution < 1.29 is 0 Å². The molecule has 1 aliphatic rings. The number of rotatable bonds is 5. The van der Waals surface area contributed by atoms with Gasteiger partial charge < -0.3 is 10.3 Å². The minimum absolute atomic E-state index is 0.269. The highest BCUT2D eigenvalue weighted by molar-refractivity contribution is 5.08. The highest BCUT2D eigenvalue weighted by Crippen LogP contribution is 2.32. The molecule has 0 aromatic carbocycles. The summed E-state index contributed by atoms with van der Waals surface area (Å²) in [4.78, 5) is 6.84. The Morgan fingerprint density at radius 1 is 1.40 bits per heavy atom. The van der Waals surface area contributed by atoms with E-state index in [4.69, 9.17) is 5.73 Å². The standard InChI is InChI=1S/C16H30N4/c1-12(2)20-11-18-10-16(20)15(9-17)19(4)14-8-6-5-7-13(14)3/h10-15H,5-9,17H2,1-4H3. The molecule has 0 radical (unpaired) electrons. The minimum Gasteiger partial charge on any atom is -0.331 e. The summed E-state index contributed by atoms with van der Waals surface area (Å²) in [6, 6.07) is 1.34. The summed E-state index contributed by atoms with van der Waals surface area (Å²) in [5, 5.41) is 0. The van der Waals surface area contributed by atoms with Crippen LogP contribution in [0.5, 0.6) is 0 Å². The van der Waals surface area contributed by atoms with Gasteiger partial charge in [0, 0.05) is 24.8 Å². The van der Waals surface area contributed by atoms with Crippen LogP contribution in [0.2, 0.25) is 0 Å². The monoisotopic (exact) mass is 278 g/mol.